The number of aromatic nitrogens is 2. The summed E-state index contributed by atoms with van der Waals surface area (Å²) in [6, 6.07) is 17.2. The number of benzene rings is 2. The molecule has 1 aliphatic rings. The minimum Gasteiger partial charge on any atom is -0.440 e. The van der Waals surface area contributed by atoms with Crippen LogP contribution in [-0.4, -0.2) is 39.8 Å². The molecule has 2 amide bonds. The number of carbonyl (C=O) groups excluding carboxylic acids is 2. The van der Waals surface area contributed by atoms with Gasteiger partial charge in [0.2, 0.25) is 5.91 Å². The van der Waals surface area contributed by atoms with E-state index in [1.807, 2.05) is 24.3 Å². The van der Waals surface area contributed by atoms with Crippen LogP contribution in [0.5, 0.6) is 0 Å². The van der Waals surface area contributed by atoms with E-state index in [-0.39, 0.29) is 17.7 Å². The lowest BCUT2D eigenvalue weighted by molar-refractivity contribution is -0.133. The van der Waals surface area contributed by atoms with Crippen molar-refractivity contribution in [3.05, 3.63) is 90.1 Å². The van der Waals surface area contributed by atoms with Gasteiger partial charge in [0.05, 0.1) is 0 Å². The zero-order valence-corrected chi connectivity index (χ0v) is 18.6. The number of carbonyl (C=O) groups is 2. The number of nitrogens with zero attached hydrogens (tertiary/aromatic N) is 3. The molecular formula is C26H25N5O3. The van der Waals surface area contributed by atoms with E-state index < -0.39 is 6.04 Å². The molecule has 0 spiro atoms. The standard InChI is InChI=1S/C26H25N5O3/c27-23(17-5-7-18(8-6-17)24(32)29-20-9-13-28-14-10-20)26(33)31-15-11-19(12-16-31)25-30-21-3-1-2-4-22(21)34-25/h1-10,13-14,19,23H,11-12,15-16,27H2,(H,28,29,32). The fourth-order valence-corrected chi connectivity index (χ4v) is 4.23. The zero-order chi connectivity index (χ0) is 23.5. The number of nitrogens with two attached hydrogens (primary N) is 1. The number of hydrogen-bond donors (Lipinski definition) is 2. The van der Waals surface area contributed by atoms with Crippen molar-refractivity contribution in [3.8, 4) is 0 Å². The Morgan fingerprint density at radius 2 is 1.71 bits per heavy atom. The maximum absolute atomic E-state index is 13.0. The Morgan fingerprint density at radius 1 is 1.00 bits per heavy atom. The summed E-state index contributed by atoms with van der Waals surface area (Å²) < 4.78 is 5.91. The van der Waals surface area contributed by atoms with Gasteiger partial charge in [-0.3, -0.25) is 14.6 Å². The summed E-state index contributed by atoms with van der Waals surface area (Å²) in [5, 5.41) is 2.81. The van der Waals surface area contributed by atoms with E-state index in [1.165, 1.54) is 0 Å². The molecule has 1 aliphatic heterocycles. The number of nitrogens with one attached hydrogen (secondary N) is 1. The van der Waals surface area contributed by atoms with Crippen molar-refractivity contribution >= 4 is 28.6 Å². The summed E-state index contributed by atoms with van der Waals surface area (Å²) in [5.41, 5.74) is 9.75. The summed E-state index contributed by atoms with van der Waals surface area (Å²) in [7, 11) is 0. The first-order valence-corrected chi connectivity index (χ1v) is 11.3. The van der Waals surface area contributed by atoms with Crippen LogP contribution in [0.1, 0.15) is 46.6 Å². The molecule has 172 valence electrons. The number of para-hydroxylation sites is 2. The Kier molecular flexibility index (Phi) is 6.05. The Morgan fingerprint density at radius 3 is 2.41 bits per heavy atom. The Balaban J connectivity index is 1.18. The molecule has 8 nitrogen and oxygen atoms in total. The number of anilines is 1. The molecule has 1 atom stereocenters. The summed E-state index contributed by atoms with van der Waals surface area (Å²) in [6.45, 7) is 1.20. The van der Waals surface area contributed by atoms with Gasteiger partial charge in [0.15, 0.2) is 11.5 Å². The maximum atomic E-state index is 13.0. The van der Waals surface area contributed by atoms with Crippen molar-refractivity contribution in [2.75, 3.05) is 18.4 Å². The van der Waals surface area contributed by atoms with Gasteiger partial charge in [-0.2, -0.15) is 0 Å². The molecule has 4 aromatic rings. The molecule has 2 aromatic carbocycles. The minimum absolute atomic E-state index is 0.120. The molecule has 8 heteroatoms. The summed E-state index contributed by atoms with van der Waals surface area (Å²) in [6.07, 6.45) is 4.78. The molecule has 0 aliphatic carbocycles. The van der Waals surface area contributed by atoms with Crippen LogP contribution in [0.15, 0.2) is 77.5 Å². The topological polar surface area (TPSA) is 114 Å². The van der Waals surface area contributed by atoms with Gasteiger partial charge in [-0.05, 0) is 54.8 Å². The lowest BCUT2D eigenvalue weighted by atomic mass is 9.95. The van der Waals surface area contributed by atoms with Crippen molar-refractivity contribution in [3.63, 3.8) is 0 Å². The number of oxazole rings is 1. The van der Waals surface area contributed by atoms with Gasteiger partial charge in [-0.15, -0.1) is 0 Å². The lowest BCUT2D eigenvalue weighted by Crippen LogP contribution is -2.43. The second-order valence-electron chi connectivity index (χ2n) is 8.41. The Bertz CT molecular complexity index is 1260. The first-order valence-electron chi connectivity index (χ1n) is 11.3. The van der Waals surface area contributed by atoms with Crippen LogP contribution in [0, 0.1) is 0 Å². The number of hydrogen-bond acceptors (Lipinski definition) is 6. The molecule has 5 rings (SSSR count). The van der Waals surface area contributed by atoms with Gasteiger partial charge in [-0.1, -0.05) is 24.3 Å². The number of fused-ring (bicyclic) bond motifs is 1. The maximum Gasteiger partial charge on any atom is 0.255 e. The summed E-state index contributed by atoms with van der Waals surface area (Å²) in [5.74, 6) is 0.563. The molecule has 0 bridgehead atoms. The highest BCUT2D eigenvalue weighted by Gasteiger charge is 2.30. The largest absolute Gasteiger partial charge is 0.440 e. The second-order valence-corrected chi connectivity index (χ2v) is 8.41. The monoisotopic (exact) mass is 455 g/mol. The van der Waals surface area contributed by atoms with Crippen LogP contribution in [0.2, 0.25) is 0 Å². The third-order valence-corrected chi connectivity index (χ3v) is 6.20. The molecular weight excluding hydrogens is 430 g/mol. The van der Waals surface area contributed by atoms with E-state index in [2.05, 4.69) is 15.3 Å². The molecule has 3 heterocycles. The number of rotatable bonds is 5. The fourth-order valence-electron chi connectivity index (χ4n) is 4.23. The SMILES string of the molecule is NC(C(=O)N1CCC(c2nc3ccccc3o2)CC1)c1ccc(C(=O)Nc2ccncc2)cc1. The van der Waals surface area contributed by atoms with Gasteiger partial charge in [0, 0.05) is 42.7 Å². The quantitative estimate of drug-likeness (QED) is 0.472. The van der Waals surface area contributed by atoms with E-state index >= 15 is 0 Å². The van der Waals surface area contributed by atoms with Crippen molar-refractivity contribution in [1.29, 1.82) is 0 Å². The minimum atomic E-state index is -0.779. The predicted octanol–water partition coefficient (Wildman–Crippen LogP) is 3.88. The van der Waals surface area contributed by atoms with Crippen molar-refractivity contribution in [2.45, 2.75) is 24.8 Å². The number of amides is 2. The van der Waals surface area contributed by atoms with E-state index in [0.717, 1.165) is 29.8 Å². The third-order valence-electron chi connectivity index (χ3n) is 6.20. The molecule has 1 saturated heterocycles. The smallest absolute Gasteiger partial charge is 0.255 e. The summed E-state index contributed by atoms with van der Waals surface area (Å²) in [4.78, 5) is 35.8. The van der Waals surface area contributed by atoms with Crippen LogP contribution in [0.3, 0.4) is 0 Å². The van der Waals surface area contributed by atoms with Crippen LogP contribution in [0.4, 0.5) is 5.69 Å². The van der Waals surface area contributed by atoms with Crippen molar-refractivity contribution < 1.29 is 14.0 Å². The number of pyridine rings is 1. The average molecular weight is 456 g/mol. The van der Waals surface area contributed by atoms with Crippen LogP contribution < -0.4 is 11.1 Å². The Hall–Kier alpha value is -4.04. The van der Waals surface area contributed by atoms with Crippen LogP contribution in [0.25, 0.3) is 11.1 Å². The molecule has 0 radical (unpaired) electrons. The van der Waals surface area contributed by atoms with Crippen molar-refractivity contribution in [2.24, 2.45) is 5.73 Å². The highest BCUT2D eigenvalue weighted by molar-refractivity contribution is 6.04. The van der Waals surface area contributed by atoms with Gasteiger partial charge in [0.25, 0.3) is 5.91 Å². The average Bonchev–Trinajstić information content (AvgIpc) is 3.33. The normalized spacial score (nSPS) is 15.3. The van der Waals surface area contributed by atoms with Gasteiger partial charge >= 0.3 is 0 Å². The highest BCUT2D eigenvalue weighted by Crippen LogP contribution is 2.30. The molecule has 2 aromatic heterocycles. The van der Waals surface area contributed by atoms with E-state index in [1.54, 1.807) is 53.7 Å². The predicted molar refractivity (Wildman–Crippen MR) is 128 cm³/mol. The molecule has 34 heavy (non-hydrogen) atoms. The first-order chi connectivity index (χ1) is 16.6. The highest BCUT2D eigenvalue weighted by atomic mass is 16.3. The Labute approximate surface area is 196 Å². The summed E-state index contributed by atoms with van der Waals surface area (Å²) >= 11 is 0. The molecule has 1 unspecified atom stereocenters. The van der Waals surface area contributed by atoms with E-state index in [9.17, 15) is 9.59 Å². The third kappa shape index (κ3) is 4.53. The molecule has 3 N–H and O–H groups in total. The van der Waals surface area contributed by atoms with E-state index in [4.69, 9.17) is 10.2 Å². The van der Waals surface area contributed by atoms with Gasteiger partial charge < -0.3 is 20.4 Å². The molecule has 0 saturated carbocycles. The van der Waals surface area contributed by atoms with Crippen LogP contribution in [-0.2, 0) is 4.79 Å². The number of likely N-dealkylation sites (tertiary alicyclic amines) is 1. The van der Waals surface area contributed by atoms with Crippen LogP contribution >= 0.6 is 0 Å². The first kappa shape index (κ1) is 21.8. The zero-order valence-electron chi connectivity index (χ0n) is 18.6. The lowest BCUT2D eigenvalue weighted by Gasteiger charge is -2.32. The number of piperidine rings is 1. The van der Waals surface area contributed by atoms with Crippen molar-refractivity contribution in [1.82, 2.24) is 14.9 Å². The second kappa shape index (κ2) is 9.44. The van der Waals surface area contributed by atoms with Gasteiger partial charge in [-0.25, -0.2) is 4.98 Å². The van der Waals surface area contributed by atoms with E-state index in [0.29, 0.717) is 29.9 Å². The molecule has 1 fully saturated rings. The fraction of sp³-hybridized carbons (Fsp3) is 0.231. The van der Waals surface area contributed by atoms with Gasteiger partial charge in [0.1, 0.15) is 11.6 Å².